The smallest absolute Gasteiger partial charge is 0.422 e. The fourth-order valence-corrected chi connectivity index (χ4v) is 4.39. The highest BCUT2D eigenvalue weighted by molar-refractivity contribution is 6.03. The second kappa shape index (κ2) is 11.5. The van der Waals surface area contributed by atoms with E-state index >= 15 is 0 Å². The maximum atomic E-state index is 13.2. The summed E-state index contributed by atoms with van der Waals surface area (Å²) in [5.74, 6) is 0.610. The number of alkyl halides is 3. The van der Waals surface area contributed by atoms with Crippen molar-refractivity contribution in [1.29, 1.82) is 0 Å². The van der Waals surface area contributed by atoms with Gasteiger partial charge in [-0.2, -0.15) is 13.2 Å². The molecule has 2 amide bonds. The highest BCUT2D eigenvalue weighted by Gasteiger charge is 2.29. The molecule has 0 saturated carbocycles. The third-order valence-electron chi connectivity index (χ3n) is 5.85. The monoisotopic (exact) mass is 492 g/mol. The first kappa shape index (κ1) is 26.4. The zero-order valence-electron chi connectivity index (χ0n) is 20.2. The van der Waals surface area contributed by atoms with Crippen LogP contribution in [0.4, 0.5) is 18.9 Å². The fraction of sp³-hybridized carbons (Fsp3) is 0.462. The van der Waals surface area contributed by atoms with E-state index in [9.17, 15) is 22.8 Å². The number of hydrogen-bond acceptors (Lipinski definition) is 4. The summed E-state index contributed by atoms with van der Waals surface area (Å²) in [6.07, 6.45) is -2.92. The lowest BCUT2D eigenvalue weighted by molar-refractivity contribution is -0.153. The number of methoxy groups -OCH3 is 1. The van der Waals surface area contributed by atoms with Crippen molar-refractivity contribution in [3.63, 3.8) is 0 Å². The van der Waals surface area contributed by atoms with Crippen LogP contribution in [0.2, 0.25) is 0 Å². The Balaban J connectivity index is 1.62. The van der Waals surface area contributed by atoms with Gasteiger partial charge < -0.3 is 19.7 Å². The van der Waals surface area contributed by atoms with E-state index < -0.39 is 12.8 Å². The van der Waals surface area contributed by atoms with Crippen LogP contribution in [0.15, 0.2) is 42.5 Å². The van der Waals surface area contributed by atoms with Crippen molar-refractivity contribution in [2.45, 2.75) is 39.3 Å². The number of piperidine rings is 1. The third-order valence-corrected chi connectivity index (χ3v) is 5.85. The molecule has 2 aromatic carbocycles. The Morgan fingerprint density at radius 1 is 1.06 bits per heavy atom. The zero-order chi connectivity index (χ0) is 25.6. The number of halogens is 3. The summed E-state index contributed by atoms with van der Waals surface area (Å²) in [6.45, 7) is 4.23. The molecule has 0 aliphatic carbocycles. The largest absolute Gasteiger partial charge is 0.493 e. The van der Waals surface area contributed by atoms with E-state index in [0.717, 1.165) is 6.42 Å². The number of benzene rings is 2. The van der Waals surface area contributed by atoms with Crippen LogP contribution in [-0.2, 0) is 11.2 Å². The molecule has 2 aromatic rings. The van der Waals surface area contributed by atoms with Gasteiger partial charge in [-0.25, -0.2) is 0 Å². The first-order chi connectivity index (χ1) is 16.6. The Kier molecular flexibility index (Phi) is 8.64. The number of hydrogen-bond donors (Lipinski definition) is 1. The van der Waals surface area contributed by atoms with Crippen molar-refractivity contribution in [2.24, 2.45) is 11.8 Å². The Morgan fingerprint density at radius 2 is 1.74 bits per heavy atom. The summed E-state index contributed by atoms with van der Waals surface area (Å²) in [7, 11) is 1.34. The van der Waals surface area contributed by atoms with Crippen LogP contribution in [0.3, 0.4) is 0 Å². The Hall–Kier alpha value is -3.23. The third kappa shape index (κ3) is 7.63. The lowest BCUT2D eigenvalue weighted by atomic mass is 9.91. The van der Waals surface area contributed by atoms with Gasteiger partial charge in [0.25, 0.3) is 5.91 Å². The quantitative estimate of drug-likeness (QED) is 0.541. The van der Waals surface area contributed by atoms with E-state index in [1.54, 1.807) is 36.4 Å². The second-order valence-electron chi connectivity index (χ2n) is 9.14. The molecule has 0 radical (unpaired) electrons. The van der Waals surface area contributed by atoms with Crippen LogP contribution >= 0.6 is 0 Å². The van der Waals surface area contributed by atoms with Gasteiger partial charge >= 0.3 is 6.18 Å². The van der Waals surface area contributed by atoms with Crippen molar-refractivity contribution in [1.82, 2.24) is 4.90 Å². The number of aryl methyl sites for hydroxylation is 1. The molecule has 3 rings (SSSR count). The second-order valence-corrected chi connectivity index (χ2v) is 9.14. The van der Waals surface area contributed by atoms with Crippen molar-refractivity contribution in [3.05, 3.63) is 53.6 Å². The predicted octanol–water partition coefficient (Wildman–Crippen LogP) is 5.33. The normalized spacial score (nSPS) is 18.2. The molecule has 9 heteroatoms. The van der Waals surface area contributed by atoms with Gasteiger partial charge in [-0.3, -0.25) is 9.59 Å². The average Bonchev–Trinajstić information content (AvgIpc) is 2.80. The topological polar surface area (TPSA) is 67.9 Å². The Morgan fingerprint density at radius 3 is 2.40 bits per heavy atom. The highest BCUT2D eigenvalue weighted by Crippen LogP contribution is 2.30. The van der Waals surface area contributed by atoms with Crippen LogP contribution in [0, 0.1) is 11.8 Å². The molecular weight excluding hydrogens is 461 g/mol. The molecule has 0 bridgehead atoms. The van der Waals surface area contributed by atoms with Crippen LogP contribution in [0.1, 0.15) is 42.6 Å². The fourth-order valence-electron chi connectivity index (χ4n) is 4.39. The van der Waals surface area contributed by atoms with E-state index in [-0.39, 0.29) is 29.7 Å². The summed E-state index contributed by atoms with van der Waals surface area (Å²) in [5, 5.41) is 2.83. The van der Waals surface area contributed by atoms with Gasteiger partial charge in [0, 0.05) is 19.5 Å². The number of nitrogens with one attached hydrogen (secondary N) is 1. The number of amides is 2. The minimum atomic E-state index is -4.45. The molecular formula is C26H31F3N2O4. The number of carbonyl (C=O) groups excluding carboxylic acids is 2. The SMILES string of the molecule is COc1cc(CCC(=O)Nc2ccccc2C(=O)N2CC(C)CC(C)C2)ccc1OCC(F)(F)F. The van der Waals surface area contributed by atoms with Crippen LogP contribution in [0.25, 0.3) is 0 Å². The van der Waals surface area contributed by atoms with Gasteiger partial charge in [0.1, 0.15) is 0 Å². The summed E-state index contributed by atoms with van der Waals surface area (Å²) < 4.78 is 47.2. The van der Waals surface area contributed by atoms with E-state index in [0.29, 0.717) is 48.2 Å². The number of ether oxygens (including phenoxy) is 2. The van der Waals surface area contributed by atoms with Gasteiger partial charge in [0.05, 0.1) is 18.4 Å². The number of likely N-dealkylation sites (tertiary alicyclic amines) is 1. The molecule has 2 unspecified atom stereocenters. The van der Waals surface area contributed by atoms with Crippen molar-refractivity contribution in [3.8, 4) is 11.5 Å². The van der Waals surface area contributed by atoms with Gasteiger partial charge in [-0.1, -0.05) is 32.0 Å². The molecule has 6 nitrogen and oxygen atoms in total. The first-order valence-electron chi connectivity index (χ1n) is 11.6. The zero-order valence-corrected chi connectivity index (χ0v) is 20.2. The lowest BCUT2D eigenvalue weighted by Gasteiger charge is -2.35. The number of nitrogens with zero attached hydrogens (tertiary/aromatic N) is 1. The molecule has 2 atom stereocenters. The van der Waals surface area contributed by atoms with E-state index in [1.807, 2.05) is 4.90 Å². The highest BCUT2D eigenvalue weighted by atomic mass is 19.4. The van der Waals surface area contributed by atoms with Gasteiger partial charge in [0.15, 0.2) is 18.1 Å². The maximum Gasteiger partial charge on any atom is 0.422 e. The number of carbonyl (C=O) groups is 2. The molecule has 0 spiro atoms. The Bertz CT molecular complexity index is 1030. The summed E-state index contributed by atoms with van der Waals surface area (Å²) in [5.41, 5.74) is 1.62. The summed E-state index contributed by atoms with van der Waals surface area (Å²) >= 11 is 0. The number of anilines is 1. The molecule has 1 saturated heterocycles. The first-order valence-corrected chi connectivity index (χ1v) is 11.6. The lowest BCUT2D eigenvalue weighted by Crippen LogP contribution is -2.42. The number of rotatable bonds is 8. The van der Waals surface area contributed by atoms with Crippen LogP contribution in [-0.4, -0.2) is 49.7 Å². The molecule has 1 aliphatic rings. The van der Waals surface area contributed by atoms with Crippen LogP contribution in [0.5, 0.6) is 11.5 Å². The molecule has 1 fully saturated rings. The minimum absolute atomic E-state index is 0.0215. The summed E-state index contributed by atoms with van der Waals surface area (Å²) in [6, 6.07) is 11.5. The van der Waals surface area contributed by atoms with Crippen molar-refractivity contribution in [2.75, 3.05) is 32.1 Å². The molecule has 0 aromatic heterocycles. The minimum Gasteiger partial charge on any atom is -0.493 e. The van der Waals surface area contributed by atoms with Gasteiger partial charge in [0.2, 0.25) is 5.91 Å². The van der Waals surface area contributed by atoms with Gasteiger partial charge in [-0.15, -0.1) is 0 Å². The van der Waals surface area contributed by atoms with Crippen molar-refractivity contribution >= 4 is 17.5 Å². The average molecular weight is 493 g/mol. The molecule has 35 heavy (non-hydrogen) atoms. The summed E-state index contributed by atoms with van der Waals surface area (Å²) in [4.78, 5) is 27.7. The Labute approximate surface area is 203 Å². The van der Waals surface area contributed by atoms with Crippen molar-refractivity contribution < 1.29 is 32.2 Å². The van der Waals surface area contributed by atoms with Crippen LogP contribution < -0.4 is 14.8 Å². The molecule has 1 heterocycles. The molecule has 1 N–H and O–H groups in total. The van der Waals surface area contributed by atoms with Gasteiger partial charge in [-0.05, 0) is 54.5 Å². The predicted molar refractivity (Wildman–Crippen MR) is 127 cm³/mol. The standard InChI is InChI=1S/C26H31F3N2O4/c1-17-12-18(2)15-31(14-17)25(33)20-6-4-5-7-21(20)30-24(32)11-9-19-8-10-22(23(13-19)34-3)35-16-26(27,28)29/h4-8,10,13,17-18H,9,11-12,14-16H2,1-3H3,(H,30,32). The molecule has 1 aliphatic heterocycles. The molecule has 190 valence electrons. The van der Waals surface area contributed by atoms with E-state index in [1.165, 1.54) is 13.2 Å². The maximum absolute atomic E-state index is 13.2. The number of para-hydroxylation sites is 1. The van der Waals surface area contributed by atoms with E-state index in [2.05, 4.69) is 19.2 Å². The van der Waals surface area contributed by atoms with E-state index in [4.69, 9.17) is 9.47 Å².